The van der Waals surface area contributed by atoms with E-state index in [9.17, 15) is 9.59 Å². The number of benzene rings is 1. The molecule has 1 aliphatic heterocycles. The average Bonchev–Trinajstić information content (AvgIpc) is 2.92. The van der Waals surface area contributed by atoms with Crippen LogP contribution >= 0.6 is 22.9 Å². The van der Waals surface area contributed by atoms with Crippen molar-refractivity contribution in [2.45, 2.75) is 0 Å². The summed E-state index contributed by atoms with van der Waals surface area (Å²) in [6, 6.07) is 7.78. The van der Waals surface area contributed by atoms with Gasteiger partial charge in [-0.25, -0.2) is 0 Å². The van der Waals surface area contributed by atoms with Gasteiger partial charge >= 0.3 is 0 Å². The van der Waals surface area contributed by atoms with E-state index in [2.05, 4.69) is 10.2 Å². The molecule has 1 aliphatic rings. The number of amides is 2. The maximum absolute atomic E-state index is 12.7. The molecule has 1 aromatic carbocycles. The van der Waals surface area contributed by atoms with Crippen LogP contribution < -0.4 is 5.32 Å². The molecule has 0 spiro atoms. The maximum Gasteiger partial charge on any atom is 0.265 e. The molecule has 2 aromatic rings. The summed E-state index contributed by atoms with van der Waals surface area (Å²) in [7, 11) is 1.63. The number of halogens is 1. The molecule has 1 saturated heterocycles. The summed E-state index contributed by atoms with van der Waals surface area (Å²) in [6.45, 7) is 2.99. The molecule has 0 bridgehead atoms. The van der Waals surface area contributed by atoms with E-state index in [0.717, 1.165) is 10.1 Å². The highest BCUT2D eigenvalue weighted by Gasteiger charge is 2.26. The Kier molecular flexibility index (Phi) is 4.84. The molecule has 1 N–H and O–H groups in total. The van der Waals surface area contributed by atoms with Gasteiger partial charge in [-0.2, -0.15) is 0 Å². The molecule has 2 amide bonds. The van der Waals surface area contributed by atoms with E-state index in [1.165, 1.54) is 11.3 Å². The molecule has 0 aliphatic carbocycles. The van der Waals surface area contributed by atoms with E-state index in [1.54, 1.807) is 7.05 Å². The number of piperazine rings is 1. The van der Waals surface area contributed by atoms with Gasteiger partial charge in [0.25, 0.3) is 5.91 Å². The molecular weight excluding hydrogens is 334 g/mol. The van der Waals surface area contributed by atoms with Gasteiger partial charge in [0, 0.05) is 43.3 Å². The van der Waals surface area contributed by atoms with E-state index >= 15 is 0 Å². The Labute approximate surface area is 143 Å². The lowest BCUT2D eigenvalue weighted by Crippen LogP contribution is -2.50. The zero-order valence-electron chi connectivity index (χ0n) is 12.8. The Morgan fingerprint density at radius 1 is 1.22 bits per heavy atom. The normalized spacial score (nSPS) is 15.8. The number of rotatable bonds is 3. The molecule has 7 heteroatoms. The third-order valence-corrected chi connectivity index (χ3v) is 5.70. The van der Waals surface area contributed by atoms with Gasteiger partial charge in [0.2, 0.25) is 5.91 Å². The average molecular weight is 352 g/mol. The molecule has 122 valence electrons. The number of hydrogen-bond donors (Lipinski definition) is 1. The number of nitrogens with zero attached hydrogens (tertiary/aromatic N) is 2. The number of thiophene rings is 1. The first kappa shape index (κ1) is 16.2. The summed E-state index contributed by atoms with van der Waals surface area (Å²) in [5.41, 5.74) is 0. The van der Waals surface area contributed by atoms with Gasteiger partial charge in [-0.3, -0.25) is 14.5 Å². The van der Waals surface area contributed by atoms with Crippen molar-refractivity contribution in [3.05, 3.63) is 34.2 Å². The number of fused-ring (bicyclic) bond motifs is 1. The maximum atomic E-state index is 12.7. The summed E-state index contributed by atoms with van der Waals surface area (Å²) >= 11 is 7.83. The molecule has 3 rings (SSSR count). The van der Waals surface area contributed by atoms with Gasteiger partial charge in [-0.1, -0.05) is 29.8 Å². The monoisotopic (exact) mass is 351 g/mol. The van der Waals surface area contributed by atoms with Crippen LogP contribution in [-0.4, -0.2) is 61.4 Å². The Balaban J connectivity index is 1.69. The molecule has 1 fully saturated rings. The first-order valence-corrected chi connectivity index (χ1v) is 8.69. The van der Waals surface area contributed by atoms with Crippen molar-refractivity contribution in [3.8, 4) is 0 Å². The standard InChI is InChI=1S/C16H18ClN3O2S/c1-18-13(21)10-19-6-8-20(9-7-19)16(22)15-14(17)11-4-2-3-5-12(11)23-15/h2-5H,6-10H2,1H3,(H,18,21). The summed E-state index contributed by atoms with van der Waals surface area (Å²) < 4.78 is 1.03. The van der Waals surface area contributed by atoms with Crippen LogP contribution in [0.25, 0.3) is 10.1 Å². The first-order valence-electron chi connectivity index (χ1n) is 7.49. The fourth-order valence-electron chi connectivity index (χ4n) is 2.69. The van der Waals surface area contributed by atoms with E-state index in [0.29, 0.717) is 42.6 Å². The van der Waals surface area contributed by atoms with Crippen LogP contribution in [0.5, 0.6) is 0 Å². The largest absolute Gasteiger partial charge is 0.358 e. The minimum absolute atomic E-state index is 0.00247. The van der Waals surface area contributed by atoms with Crippen LogP contribution in [0.15, 0.2) is 24.3 Å². The molecule has 1 aromatic heterocycles. The lowest BCUT2D eigenvalue weighted by molar-refractivity contribution is -0.122. The minimum Gasteiger partial charge on any atom is -0.358 e. The Bertz CT molecular complexity index is 738. The molecule has 2 heterocycles. The Morgan fingerprint density at radius 2 is 1.91 bits per heavy atom. The SMILES string of the molecule is CNC(=O)CN1CCN(C(=O)c2sc3ccccc3c2Cl)CC1. The van der Waals surface area contributed by atoms with Gasteiger partial charge in [-0.15, -0.1) is 11.3 Å². The van der Waals surface area contributed by atoms with Crippen LogP contribution in [-0.2, 0) is 4.79 Å². The second-order valence-corrected chi connectivity index (χ2v) is 6.91. The highest BCUT2D eigenvalue weighted by Crippen LogP contribution is 2.35. The Hall–Kier alpha value is -1.63. The third kappa shape index (κ3) is 3.34. The minimum atomic E-state index is -0.0178. The molecular formula is C16H18ClN3O2S. The van der Waals surface area contributed by atoms with Gasteiger partial charge in [0.15, 0.2) is 0 Å². The van der Waals surface area contributed by atoms with Crippen LogP contribution in [0.3, 0.4) is 0 Å². The van der Waals surface area contributed by atoms with E-state index in [4.69, 9.17) is 11.6 Å². The summed E-state index contributed by atoms with van der Waals surface area (Å²) in [5, 5.41) is 4.09. The second-order valence-electron chi connectivity index (χ2n) is 5.48. The van der Waals surface area contributed by atoms with Crippen LogP contribution in [0.1, 0.15) is 9.67 Å². The van der Waals surface area contributed by atoms with Crippen molar-refractivity contribution in [3.63, 3.8) is 0 Å². The summed E-state index contributed by atoms with van der Waals surface area (Å²) in [6.07, 6.45) is 0. The van der Waals surface area contributed by atoms with Crippen molar-refractivity contribution in [1.29, 1.82) is 0 Å². The highest BCUT2D eigenvalue weighted by atomic mass is 35.5. The quantitative estimate of drug-likeness (QED) is 0.921. The molecule has 0 atom stereocenters. The number of likely N-dealkylation sites (N-methyl/N-ethyl adjacent to an activating group) is 1. The number of hydrogen-bond acceptors (Lipinski definition) is 4. The number of carbonyl (C=O) groups excluding carboxylic acids is 2. The topological polar surface area (TPSA) is 52.7 Å². The molecule has 0 radical (unpaired) electrons. The smallest absolute Gasteiger partial charge is 0.265 e. The Morgan fingerprint density at radius 3 is 2.57 bits per heavy atom. The van der Waals surface area contributed by atoms with Crippen molar-refractivity contribution in [2.24, 2.45) is 0 Å². The highest BCUT2D eigenvalue weighted by molar-refractivity contribution is 7.21. The fraction of sp³-hybridized carbons (Fsp3) is 0.375. The van der Waals surface area contributed by atoms with E-state index in [1.807, 2.05) is 29.2 Å². The lowest BCUT2D eigenvalue weighted by atomic mass is 10.2. The number of carbonyl (C=O) groups is 2. The zero-order chi connectivity index (χ0) is 16.4. The van der Waals surface area contributed by atoms with Crippen molar-refractivity contribution in [1.82, 2.24) is 15.1 Å². The first-order chi connectivity index (χ1) is 11.1. The molecule has 5 nitrogen and oxygen atoms in total. The van der Waals surface area contributed by atoms with E-state index in [-0.39, 0.29) is 11.8 Å². The zero-order valence-corrected chi connectivity index (χ0v) is 14.4. The second kappa shape index (κ2) is 6.86. The van der Waals surface area contributed by atoms with Crippen LogP contribution in [0, 0.1) is 0 Å². The predicted molar refractivity (Wildman–Crippen MR) is 93.2 cm³/mol. The van der Waals surface area contributed by atoms with E-state index < -0.39 is 0 Å². The van der Waals surface area contributed by atoms with Gasteiger partial charge in [0.05, 0.1) is 11.6 Å². The van der Waals surface area contributed by atoms with Crippen molar-refractivity contribution in [2.75, 3.05) is 39.8 Å². The molecule has 23 heavy (non-hydrogen) atoms. The van der Waals surface area contributed by atoms with Crippen LogP contribution in [0.2, 0.25) is 5.02 Å². The van der Waals surface area contributed by atoms with Crippen LogP contribution in [0.4, 0.5) is 0 Å². The van der Waals surface area contributed by atoms with Crippen molar-refractivity contribution < 1.29 is 9.59 Å². The number of nitrogens with one attached hydrogen (secondary N) is 1. The molecule has 0 saturated carbocycles. The van der Waals surface area contributed by atoms with Gasteiger partial charge < -0.3 is 10.2 Å². The van der Waals surface area contributed by atoms with Gasteiger partial charge in [-0.05, 0) is 6.07 Å². The van der Waals surface area contributed by atoms with Crippen molar-refractivity contribution >= 4 is 44.8 Å². The lowest BCUT2D eigenvalue weighted by Gasteiger charge is -2.34. The predicted octanol–water partition coefficient (Wildman–Crippen LogP) is 2.06. The molecule has 0 unspecified atom stereocenters. The summed E-state index contributed by atoms with van der Waals surface area (Å²) in [5.74, 6) is -0.0203. The summed E-state index contributed by atoms with van der Waals surface area (Å²) in [4.78, 5) is 28.6. The third-order valence-electron chi connectivity index (χ3n) is 4.03. The fourth-order valence-corrected chi connectivity index (χ4v) is 4.17. The van der Waals surface area contributed by atoms with Gasteiger partial charge in [0.1, 0.15) is 4.88 Å².